The highest BCUT2D eigenvalue weighted by Crippen LogP contribution is 2.37. The molecule has 19 heavy (non-hydrogen) atoms. The summed E-state index contributed by atoms with van der Waals surface area (Å²) in [5, 5.41) is 6.97. The highest BCUT2D eigenvalue weighted by atomic mass is 16.5. The van der Waals surface area contributed by atoms with Gasteiger partial charge in [0.1, 0.15) is 11.5 Å². The zero-order valence-electron chi connectivity index (χ0n) is 12.3. The third kappa shape index (κ3) is 2.95. The smallest absolute Gasteiger partial charge is 0.145 e. The molecule has 0 saturated carbocycles. The second-order valence-corrected chi connectivity index (χ2v) is 5.08. The third-order valence-electron chi connectivity index (χ3n) is 3.92. The van der Waals surface area contributed by atoms with E-state index in [-0.39, 0.29) is 0 Å². The van der Waals surface area contributed by atoms with Gasteiger partial charge in [0.2, 0.25) is 0 Å². The van der Waals surface area contributed by atoms with E-state index in [2.05, 4.69) is 24.5 Å². The van der Waals surface area contributed by atoms with Crippen molar-refractivity contribution >= 4 is 5.69 Å². The summed E-state index contributed by atoms with van der Waals surface area (Å²) in [6, 6.07) is 2.55. The van der Waals surface area contributed by atoms with Crippen molar-refractivity contribution in [1.82, 2.24) is 5.32 Å². The van der Waals surface area contributed by atoms with Crippen LogP contribution in [0.3, 0.4) is 0 Å². The summed E-state index contributed by atoms with van der Waals surface area (Å²) < 4.78 is 11.0. The molecule has 1 saturated heterocycles. The Morgan fingerprint density at radius 2 is 1.79 bits per heavy atom. The highest BCUT2D eigenvalue weighted by Gasteiger charge is 2.18. The lowest BCUT2D eigenvalue weighted by molar-refractivity contribution is 0.397. The summed E-state index contributed by atoms with van der Waals surface area (Å²) in [6.45, 7) is 6.28. The lowest BCUT2D eigenvalue weighted by atomic mass is 10.0. The maximum atomic E-state index is 5.56. The Morgan fingerprint density at radius 1 is 1.11 bits per heavy atom. The number of piperidine rings is 1. The van der Waals surface area contributed by atoms with Gasteiger partial charge in [0, 0.05) is 12.1 Å². The number of ether oxygens (including phenoxy) is 2. The first kappa shape index (κ1) is 14.0. The van der Waals surface area contributed by atoms with Gasteiger partial charge < -0.3 is 20.1 Å². The molecule has 0 amide bonds. The molecule has 0 radical (unpaired) electrons. The predicted octanol–water partition coefficient (Wildman–Crippen LogP) is 2.48. The number of hydrogen-bond acceptors (Lipinski definition) is 4. The van der Waals surface area contributed by atoms with Crippen LogP contribution in [0.1, 0.15) is 24.0 Å². The van der Waals surface area contributed by atoms with Gasteiger partial charge in [-0.05, 0) is 50.9 Å². The SMILES string of the molecule is COc1cc(NC2CCNCC2)c(OC)c(C)c1C. The van der Waals surface area contributed by atoms with E-state index in [9.17, 15) is 0 Å². The van der Waals surface area contributed by atoms with Crippen LogP contribution in [0.5, 0.6) is 11.5 Å². The van der Waals surface area contributed by atoms with Crippen molar-refractivity contribution in [1.29, 1.82) is 0 Å². The fraction of sp³-hybridized carbons (Fsp3) is 0.600. The lowest BCUT2D eigenvalue weighted by Crippen LogP contribution is -2.35. The minimum atomic E-state index is 0.502. The van der Waals surface area contributed by atoms with E-state index in [1.54, 1.807) is 14.2 Å². The first-order valence-corrected chi connectivity index (χ1v) is 6.86. The molecule has 2 N–H and O–H groups in total. The van der Waals surface area contributed by atoms with E-state index in [1.165, 1.54) is 0 Å². The van der Waals surface area contributed by atoms with Gasteiger partial charge in [-0.3, -0.25) is 0 Å². The molecule has 2 rings (SSSR count). The standard InChI is InChI=1S/C15H24N2O2/c1-10-11(2)15(19-4)13(9-14(10)18-3)17-12-5-7-16-8-6-12/h9,12,16-17H,5-8H2,1-4H3. The summed E-state index contributed by atoms with van der Waals surface area (Å²) in [4.78, 5) is 0. The fourth-order valence-corrected chi connectivity index (χ4v) is 2.63. The van der Waals surface area contributed by atoms with Crippen LogP contribution in [0, 0.1) is 13.8 Å². The minimum absolute atomic E-state index is 0.502. The maximum absolute atomic E-state index is 5.56. The molecule has 1 fully saturated rings. The van der Waals surface area contributed by atoms with Gasteiger partial charge in [0.05, 0.1) is 19.9 Å². The molecule has 0 aromatic heterocycles. The van der Waals surface area contributed by atoms with Crippen molar-refractivity contribution < 1.29 is 9.47 Å². The van der Waals surface area contributed by atoms with Gasteiger partial charge in [-0.2, -0.15) is 0 Å². The van der Waals surface area contributed by atoms with E-state index < -0.39 is 0 Å². The molecule has 0 bridgehead atoms. The molecule has 1 aliphatic rings. The molecular weight excluding hydrogens is 240 g/mol. The highest BCUT2D eigenvalue weighted by molar-refractivity contribution is 5.66. The van der Waals surface area contributed by atoms with E-state index in [4.69, 9.17) is 9.47 Å². The summed E-state index contributed by atoms with van der Waals surface area (Å²) >= 11 is 0. The van der Waals surface area contributed by atoms with Gasteiger partial charge in [0.25, 0.3) is 0 Å². The van der Waals surface area contributed by atoms with Crippen LogP contribution in [0.2, 0.25) is 0 Å². The van der Waals surface area contributed by atoms with Gasteiger partial charge in [-0.15, -0.1) is 0 Å². The zero-order valence-corrected chi connectivity index (χ0v) is 12.3. The topological polar surface area (TPSA) is 42.5 Å². The normalized spacial score (nSPS) is 16.2. The lowest BCUT2D eigenvalue weighted by Gasteiger charge is -2.26. The Hall–Kier alpha value is -1.42. The van der Waals surface area contributed by atoms with Crippen molar-refractivity contribution in [3.8, 4) is 11.5 Å². The van der Waals surface area contributed by atoms with Crippen LogP contribution < -0.4 is 20.1 Å². The van der Waals surface area contributed by atoms with Crippen LogP contribution in [-0.4, -0.2) is 33.4 Å². The van der Waals surface area contributed by atoms with Crippen LogP contribution in [0.25, 0.3) is 0 Å². The molecular formula is C15H24N2O2. The second kappa shape index (κ2) is 6.15. The second-order valence-electron chi connectivity index (χ2n) is 5.08. The predicted molar refractivity (Wildman–Crippen MR) is 78.5 cm³/mol. The maximum Gasteiger partial charge on any atom is 0.145 e. The van der Waals surface area contributed by atoms with E-state index in [0.29, 0.717) is 6.04 Å². The Kier molecular flexibility index (Phi) is 4.53. The van der Waals surface area contributed by atoms with Crippen molar-refractivity contribution in [2.45, 2.75) is 32.7 Å². The van der Waals surface area contributed by atoms with Gasteiger partial charge in [-0.25, -0.2) is 0 Å². The summed E-state index contributed by atoms with van der Waals surface area (Å²) in [5.74, 6) is 1.84. The largest absolute Gasteiger partial charge is 0.496 e. The zero-order chi connectivity index (χ0) is 13.8. The Balaban J connectivity index is 2.29. The third-order valence-corrected chi connectivity index (χ3v) is 3.92. The first-order valence-electron chi connectivity index (χ1n) is 6.86. The fourth-order valence-electron chi connectivity index (χ4n) is 2.63. The van der Waals surface area contributed by atoms with Crippen molar-refractivity contribution in [3.05, 3.63) is 17.2 Å². The van der Waals surface area contributed by atoms with Crippen LogP contribution >= 0.6 is 0 Å². The number of anilines is 1. The molecule has 0 spiro atoms. The molecule has 0 atom stereocenters. The molecule has 106 valence electrons. The van der Waals surface area contributed by atoms with E-state index >= 15 is 0 Å². The number of methoxy groups -OCH3 is 2. The average molecular weight is 264 g/mol. The number of rotatable bonds is 4. The van der Waals surface area contributed by atoms with E-state index in [0.717, 1.165) is 54.2 Å². The minimum Gasteiger partial charge on any atom is -0.496 e. The molecule has 1 aromatic carbocycles. The van der Waals surface area contributed by atoms with Gasteiger partial charge >= 0.3 is 0 Å². The first-order chi connectivity index (χ1) is 9.17. The number of nitrogens with one attached hydrogen (secondary N) is 2. The molecule has 1 heterocycles. The van der Waals surface area contributed by atoms with Crippen molar-refractivity contribution in [3.63, 3.8) is 0 Å². The van der Waals surface area contributed by atoms with Gasteiger partial charge in [-0.1, -0.05) is 0 Å². The number of benzene rings is 1. The quantitative estimate of drug-likeness (QED) is 0.877. The van der Waals surface area contributed by atoms with Crippen LogP contribution in [-0.2, 0) is 0 Å². The van der Waals surface area contributed by atoms with E-state index in [1.807, 2.05) is 6.07 Å². The Morgan fingerprint density at radius 3 is 2.37 bits per heavy atom. The molecule has 1 aromatic rings. The molecule has 4 heteroatoms. The summed E-state index contributed by atoms with van der Waals surface area (Å²) in [7, 11) is 3.43. The van der Waals surface area contributed by atoms with Crippen LogP contribution in [0.4, 0.5) is 5.69 Å². The Bertz CT molecular complexity index is 440. The van der Waals surface area contributed by atoms with Crippen molar-refractivity contribution in [2.24, 2.45) is 0 Å². The van der Waals surface area contributed by atoms with Crippen molar-refractivity contribution in [2.75, 3.05) is 32.6 Å². The van der Waals surface area contributed by atoms with Crippen LogP contribution in [0.15, 0.2) is 6.07 Å². The monoisotopic (exact) mass is 264 g/mol. The molecule has 0 unspecified atom stereocenters. The molecule has 0 aliphatic carbocycles. The molecule has 4 nitrogen and oxygen atoms in total. The Labute approximate surface area is 115 Å². The average Bonchev–Trinajstić information content (AvgIpc) is 2.44. The number of hydrogen-bond donors (Lipinski definition) is 2. The summed E-state index contributed by atoms with van der Waals surface area (Å²) in [5.41, 5.74) is 3.31. The van der Waals surface area contributed by atoms with Gasteiger partial charge in [0.15, 0.2) is 0 Å². The molecule has 1 aliphatic heterocycles. The summed E-state index contributed by atoms with van der Waals surface area (Å²) in [6.07, 6.45) is 2.27.